The summed E-state index contributed by atoms with van der Waals surface area (Å²) in [4.78, 5) is 11.8. The molecule has 3 nitrogen and oxygen atoms in total. The Balaban J connectivity index is 2.73. The van der Waals surface area contributed by atoms with Gasteiger partial charge in [-0.3, -0.25) is 10.1 Å². The normalized spacial score (nSPS) is 12.4. The van der Waals surface area contributed by atoms with E-state index in [1.54, 1.807) is 23.9 Å². The summed E-state index contributed by atoms with van der Waals surface area (Å²) >= 11 is 1.79. The van der Waals surface area contributed by atoms with E-state index in [4.69, 9.17) is 0 Å². The van der Waals surface area contributed by atoms with Crippen LogP contribution in [0.5, 0.6) is 0 Å². The van der Waals surface area contributed by atoms with Crippen molar-refractivity contribution in [2.75, 3.05) is 0 Å². The highest BCUT2D eigenvalue weighted by atomic mass is 32.2. The second-order valence-corrected chi connectivity index (χ2v) is 8.51. The van der Waals surface area contributed by atoms with Gasteiger partial charge in [0.15, 0.2) is 0 Å². The minimum Gasteiger partial charge on any atom is -0.258 e. The number of rotatable bonds is 6. The number of nitro groups is 1. The first-order valence-corrected chi connectivity index (χ1v) is 8.82. The van der Waals surface area contributed by atoms with Crippen LogP contribution in [0.2, 0.25) is 13.1 Å². The first-order chi connectivity index (χ1) is 8.04. The van der Waals surface area contributed by atoms with Crippen molar-refractivity contribution in [2.45, 2.75) is 29.3 Å². The van der Waals surface area contributed by atoms with E-state index in [0.717, 1.165) is 11.3 Å². The Morgan fingerprint density at radius 3 is 2.47 bits per heavy atom. The Bertz CT molecular complexity index is 392. The van der Waals surface area contributed by atoms with Gasteiger partial charge in [0.25, 0.3) is 5.69 Å². The summed E-state index contributed by atoms with van der Waals surface area (Å²) < 4.78 is 0. The molecule has 1 unspecified atom stereocenters. The summed E-state index contributed by atoms with van der Waals surface area (Å²) in [6.07, 6.45) is 2.93. The van der Waals surface area contributed by atoms with Gasteiger partial charge in [0.2, 0.25) is 0 Å². The van der Waals surface area contributed by atoms with E-state index in [2.05, 4.69) is 19.7 Å². The van der Waals surface area contributed by atoms with E-state index in [-0.39, 0.29) is 10.6 Å². The number of allylic oxidation sites excluding steroid dienone is 1. The summed E-state index contributed by atoms with van der Waals surface area (Å²) in [5.74, 6) is 0. The molecule has 0 aliphatic heterocycles. The van der Waals surface area contributed by atoms with E-state index < -0.39 is 8.80 Å². The number of non-ortho nitro benzene ring substituents is 1. The van der Waals surface area contributed by atoms with Crippen molar-refractivity contribution < 1.29 is 4.92 Å². The Hall–Kier alpha value is -1.07. The van der Waals surface area contributed by atoms with Gasteiger partial charge in [-0.1, -0.05) is 19.2 Å². The van der Waals surface area contributed by atoms with Crippen molar-refractivity contribution in [1.82, 2.24) is 0 Å². The smallest absolute Gasteiger partial charge is 0.258 e. The quantitative estimate of drug-likeness (QED) is 0.258. The Morgan fingerprint density at radius 2 is 2.06 bits per heavy atom. The standard InChI is InChI=1S/C12H16NO2SSi/c1-4-5-12(17(2)3)16-11-8-6-10(7-9-11)13(14)15/h4,6-9,12H,1,5H2,2-3H3. The van der Waals surface area contributed by atoms with Crippen LogP contribution in [0.15, 0.2) is 41.8 Å². The molecule has 1 atom stereocenters. The highest BCUT2D eigenvalue weighted by molar-refractivity contribution is 8.01. The van der Waals surface area contributed by atoms with E-state index in [1.807, 2.05) is 18.2 Å². The average molecular weight is 266 g/mol. The lowest BCUT2D eigenvalue weighted by Gasteiger charge is -2.17. The van der Waals surface area contributed by atoms with Gasteiger partial charge in [0.05, 0.1) is 13.7 Å². The number of nitro benzene ring substituents is 1. The molecular weight excluding hydrogens is 250 g/mol. The molecule has 0 amide bonds. The first kappa shape index (κ1) is 14.0. The largest absolute Gasteiger partial charge is 0.269 e. The molecule has 0 aliphatic rings. The molecule has 0 aliphatic carbocycles. The van der Waals surface area contributed by atoms with Gasteiger partial charge in [-0.2, -0.15) is 0 Å². The van der Waals surface area contributed by atoms with Crippen molar-refractivity contribution in [3.05, 3.63) is 47.0 Å². The summed E-state index contributed by atoms with van der Waals surface area (Å²) in [6, 6.07) is 6.77. The minimum absolute atomic E-state index is 0.146. The molecule has 0 saturated heterocycles. The predicted molar refractivity (Wildman–Crippen MR) is 75.0 cm³/mol. The minimum atomic E-state index is -0.401. The highest BCUT2D eigenvalue weighted by Gasteiger charge is 2.15. The first-order valence-electron chi connectivity index (χ1n) is 5.36. The van der Waals surface area contributed by atoms with Crippen LogP contribution in [0.3, 0.4) is 0 Å². The molecule has 0 spiro atoms. The van der Waals surface area contributed by atoms with E-state index in [0.29, 0.717) is 4.87 Å². The molecule has 91 valence electrons. The van der Waals surface area contributed by atoms with E-state index in [9.17, 15) is 10.1 Å². The van der Waals surface area contributed by atoms with Crippen molar-refractivity contribution in [1.29, 1.82) is 0 Å². The lowest BCUT2D eigenvalue weighted by atomic mass is 10.3. The topological polar surface area (TPSA) is 43.1 Å². The molecule has 0 heterocycles. The van der Waals surface area contributed by atoms with Crippen molar-refractivity contribution in [3.8, 4) is 0 Å². The Kier molecular flexibility index (Phi) is 5.44. The molecule has 0 fully saturated rings. The van der Waals surface area contributed by atoms with Crippen LogP contribution in [0, 0.1) is 10.1 Å². The molecule has 1 aromatic carbocycles. The number of hydrogen-bond acceptors (Lipinski definition) is 3. The molecule has 1 rings (SSSR count). The Morgan fingerprint density at radius 1 is 1.47 bits per heavy atom. The van der Waals surface area contributed by atoms with Gasteiger partial charge in [0, 0.05) is 21.9 Å². The lowest BCUT2D eigenvalue weighted by Crippen LogP contribution is -2.20. The van der Waals surface area contributed by atoms with Crippen LogP contribution in [0.4, 0.5) is 5.69 Å². The molecule has 1 aromatic rings. The van der Waals surface area contributed by atoms with Crippen LogP contribution in [-0.2, 0) is 0 Å². The highest BCUT2D eigenvalue weighted by Crippen LogP contribution is 2.28. The molecule has 1 radical (unpaired) electrons. The van der Waals surface area contributed by atoms with Crippen molar-refractivity contribution >= 4 is 26.2 Å². The number of thioether (sulfide) groups is 1. The second-order valence-electron chi connectivity index (χ2n) is 3.96. The number of hydrogen-bond donors (Lipinski definition) is 0. The van der Waals surface area contributed by atoms with Crippen LogP contribution in [0.25, 0.3) is 0 Å². The fourth-order valence-electron chi connectivity index (χ4n) is 1.36. The van der Waals surface area contributed by atoms with Crippen molar-refractivity contribution in [2.24, 2.45) is 0 Å². The summed E-state index contributed by atoms with van der Waals surface area (Å²) in [7, 11) is -0.401. The average Bonchev–Trinajstić information content (AvgIpc) is 2.29. The van der Waals surface area contributed by atoms with Crippen LogP contribution >= 0.6 is 11.8 Å². The predicted octanol–water partition coefficient (Wildman–Crippen LogP) is 3.93. The Labute approximate surface area is 108 Å². The molecule has 5 heteroatoms. The van der Waals surface area contributed by atoms with Gasteiger partial charge in [-0.15, -0.1) is 18.3 Å². The fraction of sp³-hybridized carbons (Fsp3) is 0.333. The molecule has 17 heavy (non-hydrogen) atoms. The number of nitrogens with zero attached hydrogens (tertiary/aromatic N) is 1. The summed E-state index contributed by atoms with van der Waals surface area (Å²) in [5.41, 5.74) is 0.146. The number of benzene rings is 1. The monoisotopic (exact) mass is 266 g/mol. The van der Waals surface area contributed by atoms with E-state index >= 15 is 0 Å². The molecular formula is C12H16NO2SSi. The van der Waals surface area contributed by atoms with E-state index in [1.165, 1.54) is 0 Å². The SMILES string of the molecule is C=CCC(Sc1ccc([N+](=O)[O-])cc1)[Si](C)C. The van der Waals surface area contributed by atoms with Crippen LogP contribution in [-0.4, -0.2) is 18.6 Å². The van der Waals surface area contributed by atoms with Gasteiger partial charge in [-0.25, -0.2) is 0 Å². The van der Waals surface area contributed by atoms with Gasteiger partial charge in [0.1, 0.15) is 0 Å². The van der Waals surface area contributed by atoms with Crippen molar-refractivity contribution in [3.63, 3.8) is 0 Å². The molecule has 0 bridgehead atoms. The zero-order chi connectivity index (χ0) is 12.8. The molecule has 0 N–H and O–H groups in total. The zero-order valence-electron chi connectivity index (χ0n) is 10.1. The third-order valence-corrected chi connectivity index (χ3v) is 6.66. The zero-order valence-corrected chi connectivity index (χ0v) is 11.9. The maximum absolute atomic E-state index is 10.5. The van der Waals surface area contributed by atoms with Crippen LogP contribution < -0.4 is 0 Å². The van der Waals surface area contributed by atoms with Gasteiger partial charge >= 0.3 is 0 Å². The van der Waals surface area contributed by atoms with Crippen LogP contribution in [0.1, 0.15) is 6.42 Å². The molecule has 0 saturated carbocycles. The third-order valence-electron chi connectivity index (χ3n) is 2.35. The molecule has 0 aromatic heterocycles. The van der Waals surface area contributed by atoms with Gasteiger partial charge in [-0.05, 0) is 18.6 Å². The summed E-state index contributed by atoms with van der Waals surface area (Å²) in [5, 5.41) is 10.5. The second kappa shape index (κ2) is 6.61. The summed E-state index contributed by atoms with van der Waals surface area (Å²) in [6.45, 7) is 8.33. The van der Waals surface area contributed by atoms with Gasteiger partial charge < -0.3 is 0 Å². The lowest BCUT2D eigenvalue weighted by molar-refractivity contribution is -0.384. The fourth-order valence-corrected chi connectivity index (χ4v) is 4.21. The maximum atomic E-state index is 10.5. The third kappa shape index (κ3) is 4.36. The maximum Gasteiger partial charge on any atom is 0.269 e.